The van der Waals surface area contributed by atoms with E-state index in [-0.39, 0.29) is 18.9 Å². The number of carboxylic acids is 2. The third-order valence-electron chi connectivity index (χ3n) is 5.09. The highest BCUT2D eigenvalue weighted by molar-refractivity contribution is 5.86. The zero-order valence-electron chi connectivity index (χ0n) is 16.0. The number of imidazole rings is 1. The third-order valence-corrected chi connectivity index (χ3v) is 5.09. The van der Waals surface area contributed by atoms with E-state index in [9.17, 15) is 24.6 Å². The largest absolute Gasteiger partial charge is 0.480 e. The fourth-order valence-corrected chi connectivity index (χ4v) is 3.44. The molecule has 0 saturated carbocycles. The Balaban J connectivity index is 1.67. The van der Waals surface area contributed by atoms with E-state index in [1.165, 1.54) is 10.9 Å². The maximum atomic E-state index is 12.9. The van der Waals surface area contributed by atoms with Crippen LogP contribution in [0.15, 0.2) is 36.7 Å². The molecule has 0 radical (unpaired) electrons. The van der Waals surface area contributed by atoms with Crippen LogP contribution < -0.4 is 10.6 Å². The summed E-state index contributed by atoms with van der Waals surface area (Å²) in [6, 6.07) is 7.10. The number of benzene rings is 1. The van der Waals surface area contributed by atoms with Gasteiger partial charge in [-0.1, -0.05) is 30.3 Å². The van der Waals surface area contributed by atoms with Gasteiger partial charge in [-0.25, -0.2) is 4.98 Å². The summed E-state index contributed by atoms with van der Waals surface area (Å²) < 4.78 is 1.33. The lowest BCUT2D eigenvalue weighted by atomic mass is 10.0. The SMILES string of the molecule is C[C@H](NC(CCc1ccccc1)C(=O)O)C(=O)n1cnc2c1CC(C(=O)O)NC2. The van der Waals surface area contributed by atoms with Gasteiger partial charge in [-0.05, 0) is 25.3 Å². The lowest BCUT2D eigenvalue weighted by Gasteiger charge is -2.23. The summed E-state index contributed by atoms with van der Waals surface area (Å²) in [5, 5.41) is 24.5. The first-order chi connectivity index (χ1) is 13.9. The number of nitrogens with zero attached hydrogens (tertiary/aromatic N) is 2. The zero-order chi connectivity index (χ0) is 21.0. The summed E-state index contributed by atoms with van der Waals surface area (Å²) in [6.07, 6.45) is 2.42. The van der Waals surface area contributed by atoms with Gasteiger partial charge in [-0.3, -0.25) is 29.6 Å². The van der Waals surface area contributed by atoms with Crippen molar-refractivity contribution in [1.29, 1.82) is 0 Å². The molecule has 1 aromatic heterocycles. The van der Waals surface area contributed by atoms with Crippen LogP contribution in [0.4, 0.5) is 0 Å². The molecular formula is C20H24N4O5. The molecule has 0 spiro atoms. The normalized spacial score (nSPS) is 17.9. The predicted octanol–water partition coefficient (Wildman–Crippen LogP) is 0.686. The molecule has 2 unspecified atom stereocenters. The minimum Gasteiger partial charge on any atom is -0.480 e. The number of rotatable bonds is 8. The molecule has 2 heterocycles. The van der Waals surface area contributed by atoms with Gasteiger partial charge >= 0.3 is 11.9 Å². The minimum atomic E-state index is -1.02. The monoisotopic (exact) mass is 400 g/mol. The van der Waals surface area contributed by atoms with Crippen LogP contribution in [0.5, 0.6) is 0 Å². The molecule has 0 fully saturated rings. The smallest absolute Gasteiger partial charge is 0.321 e. The van der Waals surface area contributed by atoms with Gasteiger partial charge in [0.05, 0.1) is 17.4 Å². The molecule has 3 atom stereocenters. The Morgan fingerprint density at radius 2 is 2.00 bits per heavy atom. The van der Waals surface area contributed by atoms with E-state index in [0.29, 0.717) is 24.2 Å². The van der Waals surface area contributed by atoms with Crippen LogP contribution >= 0.6 is 0 Å². The van der Waals surface area contributed by atoms with E-state index in [1.807, 2.05) is 30.3 Å². The topological polar surface area (TPSA) is 134 Å². The Morgan fingerprint density at radius 1 is 1.28 bits per heavy atom. The number of fused-ring (bicyclic) bond motifs is 1. The second-order valence-electron chi connectivity index (χ2n) is 7.13. The van der Waals surface area contributed by atoms with Gasteiger partial charge in [0.2, 0.25) is 5.91 Å². The lowest BCUT2D eigenvalue weighted by Crippen LogP contribution is -2.48. The summed E-state index contributed by atoms with van der Waals surface area (Å²) >= 11 is 0. The standard InChI is InChI=1S/C20H24N4O5/c1-12(23-14(19(26)27)8-7-13-5-3-2-4-6-13)18(25)24-11-22-16-10-21-15(20(28)29)9-17(16)24/h2-6,11-12,14-15,21,23H,7-10H2,1H3,(H,26,27)(H,28,29)/t12-,14?,15?/m0/s1. The number of carbonyl (C=O) groups is 3. The molecule has 0 amide bonds. The summed E-state index contributed by atoms with van der Waals surface area (Å²) in [6.45, 7) is 1.87. The Labute approximate surface area is 167 Å². The van der Waals surface area contributed by atoms with E-state index in [4.69, 9.17) is 0 Å². The van der Waals surface area contributed by atoms with Crippen molar-refractivity contribution in [1.82, 2.24) is 20.2 Å². The summed E-state index contributed by atoms with van der Waals surface area (Å²) in [4.78, 5) is 40.0. The predicted molar refractivity (Wildman–Crippen MR) is 104 cm³/mol. The number of hydrogen-bond donors (Lipinski definition) is 4. The summed E-state index contributed by atoms with van der Waals surface area (Å²) in [7, 11) is 0. The zero-order valence-corrected chi connectivity index (χ0v) is 16.0. The second-order valence-corrected chi connectivity index (χ2v) is 7.13. The van der Waals surface area contributed by atoms with E-state index in [1.54, 1.807) is 6.92 Å². The van der Waals surface area contributed by atoms with Crippen LogP contribution in [0.2, 0.25) is 0 Å². The first-order valence-corrected chi connectivity index (χ1v) is 9.45. The molecule has 9 nitrogen and oxygen atoms in total. The van der Waals surface area contributed by atoms with Crippen LogP contribution in [-0.4, -0.2) is 55.7 Å². The molecule has 3 rings (SSSR count). The van der Waals surface area contributed by atoms with Crippen molar-refractivity contribution in [2.45, 2.75) is 50.9 Å². The molecule has 0 saturated heterocycles. The number of hydrogen-bond acceptors (Lipinski definition) is 6. The maximum Gasteiger partial charge on any atom is 0.321 e. The van der Waals surface area contributed by atoms with Gasteiger partial charge in [-0.2, -0.15) is 0 Å². The Hall–Kier alpha value is -3.04. The van der Waals surface area contributed by atoms with Crippen molar-refractivity contribution in [3.8, 4) is 0 Å². The molecule has 4 N–H and O–H groups in total. The van der Waals surface area contributed by atoms with E-state index >= 15 is 0 Å². The number of aliphatic carboxylic acids is 2. The molecule has 1 aliphatic rings. The van der Waals surface area contributed by atoms with Crippen molar-refractivity contribution in [2.75, 3.05) is 0 Å². The van der Waals surface area contributed by atoms with Crippen LogP contribution in [0.25, 0.3) is 0 Å². The van der Waals surface area contributed by atoms with Gasteiger partial charge in [0.15, 0.2) is 0 Å². The van der Waals surface area contributed by atoms with E-state index in [2.05, 4.69) is 15.6 Å². The third kappa shape index (κ3) is 4.87. The van der Waals surface area contributed by atoms with Gasteiger partial charge in [-0.15, -0.1) is 0 Å². The molecule has 0 aliphatic carbocycles. The molecule has 154 valence electrons. The number of carbonyl (C=O) groups excluding carboxylic acids is 1. The van der Waals surface area contributed by atoms with E-state index < -0.39 is 30.1 Å². The number of carboxylic acid groups (broad SMARTS) is 2. The molecule has 29 heavy (non-hydrogen) atoms. The second kappa shape index (κ2) is 8.97. The molecule has 1 aliphatic heterocycles. The van der Waals surface area contributed by atoms with Crippen molar-refractivity contribution in [2.24, 2.45) is 0 Å². The van der Waals surface area contributed by atoms with Gasteiger partial charge in [0, 0.05) is 13.0 Å². The van der Waals surface area contributed by atoms with Gasteiger partial charge in [0.25, 0.3) is 0 Å². The van der Waals surface area contributed by atoms with Gasteiger partial charge in [0.1, 0.15) is 18.4 Å². The van der Waals surface area contributed by atoms with Crippen LogP contribution in [0.1, 0.15) is 35.1 Å². The van der Waals surface area contributed by atoms with Crippen LogP contribution in [0, 0.1) is 0 Å². The van der Waals surface area contributed by atoms with E-state index in [0.717, 1.165) is 5.56 Å². The van der Waals surface area contributed by atoms with Crippen molar-refractivity contribution in [3.05, 3.63) is 53.6 Å². The van der Waals surface area contributed by atoms with Crippen LogP contribution in [0.3, 0.4) is 0 Å². The van der Waals surface area contributed by atoms with Crippen LogP contribution in [-0.2, 0) is 29.0 Å². The lowest BCUT2D eigenvalue weighted by molar-refractivity contribution is -0.140. The van der Waals surface area contributed by atoms with Crippen molar-refractivity contribution >= 4 is 17.8 Å². The fourth-order valence-electron chi connectivity index (χ4n) is 3.44. The summed E-state index contributed by atoms with van der Waals surface area (Å²) in [5.74, 6) is -2.38. The fraction of sp³-hybridized carbons (Fsp3) is 0.400. The molecule has 1 aromatic carbocycles. The Bertz CT molecular complexity index is 896. The first kappa shape index (κ1) is 20.7. The number of nitrogens with one attached hydrogen (secondary N) is 2. The highest BCUT2D eigenvalue weighted by Gasteiger charge is 2.31. The molecule has 0 bridgehead atoms. The number of aromatic nitrogens is 2. The minimum absolute atomic E-state index is 0.138. The molecular weight excluding hydrogens is 376 g/mol. The Morgan fingerprint density at radius 3 is 2.66 bits per heavy atom. The Kier molecular flexibility index (Phi) is 6.40. The van der Waals surface area contributed by atoms with Crippen molar-refractivity contribution in [3.63, 3.8) is 0 Å². The first-order valence-electron chi connectivity index (χ1n) is 9.45. The highest BCUT2D eigenvalue weighted by Crippen LogP contribution is 2.17. The number of aryl methyl sites for hydroxylation is 1. The highest BCUT2D eigenvalue weighted by atomic mass is 16.4. The van der Waals surface area contributed by atoms with Crippen molar-refractivity contribution < 1.29 is 24.6 Å². The maximum absolute atomic E-state index is 12.9. The summed E-state index contributed by atoms with van der Waals surface area (Å²) in [5.41, 5.74) is 2.20. The quantitative estimate of drug-likeness (QED) is 0.509. The molecule has 9 heteroatoms. The van der Waals surface area contributed by atoms with Gasteiger partial charge < -0.3 is 10.2 Å². The molecule has 2 aromatic rings. The average Bonchev–Trinajstić information content (AvgIpc) is 3.14. The average molecular weight is 400 g/mol.